The maximum atomic E-state index is 13.2. The molecular weight excluding hydrogens is 408 g/mol. The lowest BCUT2D eigenvalue weighted by molar-refractivity contribution is 0.0920. The number of carbonyl (C=O) groups excluding carboxylic acids is 1. The fourth-order valence-electron chi connectivity index (χ4n) is 3.48. The van der Waals surface area contributed by atoms with Crippen LogP contribution in [0.1, 0.15) is 21.7 Å². The first-order valence-electron chi connectivity index (χ1n) is 9.99. The number of methoxy groups -OCH3 is 2. The Hall–Kier alpha value is -4.13. The first kappa shape index (κ1) is 21.1. The van der Waals surface area contributed by atoms with Gasteiger partial charge < -0.3 is 19.2 Å². The average Bonchev–Trinajstić information content (AvgIpc) is 2.83. The van der Waals surface area contributed by atoms with E-state index in [2.05, 4.69) is 10.3 Å². The maximum absolute atomic E-state index is 13.2. The van der Waals surface area contributed by atoms with E-state index < -0.39 is 11.5 Å². The normalized spacial score (nSPS) is 10.7. The van der Waals surface area contributed by atoms with Crippen molar-refractivity contribution in [1.29, 1.82) is 0 Å². The van der Waals surface area contributed by atoms with Crippen molar-refractivity contribution in [2.45, 2.75) is 13.5 Å². The molecule has 32 heavy (non-hydrogen) atoms. The van der Waals surface area contributed by atoms with Gasteiger partial charge in [0.25, 0.3) is 5.91 Å². The second kappa shape index (κ2) is 8.93. The molecule has 1 N–H and O–H groups in total. The average molecular weight is 430 g/mol. The van der Waals surface area contributed by atoms with E-state index in [0.29, 0.717) is 22.4 Å². The Bertz CT molecular complexity index is 1320. The molecule has 0 bridgehead atoms. The van der Waals surface area contributed by atoms with E-state index in [0.717, 1.165) is 16.7 Å². The molecule has 4 aromatic rings. The molecule has 2 heterocycles. The van der Waals surface area contributed by atoms with E-state index in [-0.39, 0.29) is 17.8 Å². The van der Waals surface area contributed by atoms with Crippen LogP contribution in [0.5, 0.6) is 11.5 Å². The summed E-state index contributed by atoms with van der Waals surface area (Å²) in [5, 5.41) is 3.38. The Kier molecular flexibility index (Phi) is 5.89. The molecule has 162 valence electrons. The molecule has 2 aromatic carbocycles. The lowest BCUT2D eigenvalue weighted by Gasteiger charge is -2.13. The number of nitrogens with zero attached hydrogens (tertiary/aromatic N) is 1. The number of hydrogen-bond donors (Lipinski definition) is 1. The number of benzene rings is 2. The van der Waals surface area contributed by atoms with Crippen LogP contribution < -0.4 is 20.4 Å². The third-order valence-corrected chi connectivity index (χ3v) is 5.10. The van der Waals surface area contributed by atoms with Gasteiger partial charge in [0.1, 0.15) is 11.5 Å². The summed E-state index contributed by atoms with van der Waals surface area (Å²) in [5.41, 5.74) is 2.64. The fraction of sp³-hybridized carbons (Fsp3) is 0.160. The van der Waals surface area contributed by atoms with Gasteiger partial charge in [-0.25, -0.2) is 9.78 Å². The fourth-order valence-corrected chi connectivity index (χ4v) is 3.48. The van der Waals surface area contributed by atoms with Crippen LogP contribution in [0, 0.1) is 6.92 Å². The zero-order valence-corrected chi connectivity index (χ0v) is 18.0. The first-order chi connectivity index (χ1) is 15.5. The van der Waals surface area contributed by atoms with E-state index in [1.165, 1.54) is 6.20 Å². The van der Waals surface area contributed by atoms with Crippen LogP contribution >= 0.6 is 0 Å². The third-order valence-electron chi connectivity index (χ3n) is 5.10. The Morgan fingerprint density at radius 2 is 1.72 bits per heavy atom. The van der Waals surface area contributed by atoms with Gasteiger partial charge >= 0.3 is 5.63 Å². The van der Waals surface area contributed by atoms with E-state index in [4.69, 9.17) is 13.9 Å². The summed E-state index contributed by atoms with van der Waals surface area (Å²) < 4.78 is 16.0. The van der Waals surface area contributed by atoms with Gasteiger partial charge in [0.05, 0.1) is 14.2 Å². The molecule has 0 aliphatic rings. The van der Waals surface area contributed by atoms with Crippen molar-refractivity contribution < 1.29 is 18.7 Å². The molecule has 0 radical (unpaired) electrons. The zero-order chi connectivity index (χ0) is 22.7. The number of ether oxygens (including phenoxy) is 2. The molecule has 7 heteroatoms. The predicted octanol–water partition coefficient (Wildman–Crippen LogP) is 4.11. The highest BCUT2D eigenvalue weighted by atomic mass is 16.5. The van der Waals surface area contributed by atoms with E-state index in [9.17, 15) is 9.59 Å². The molecule has 0 unspecified atom stereocenters. The van der Waals surface area contributed by atoms with Crippen LogP contribution in [0.25, 0.3) is 22.0 Å². The van der Waals surface area contributed by atoms with Crippen molar-refractivity contribution in [3.63, 3.8) is 0 Å². The van der Waals surface area contributed by atoms with Crippen LogP contribution in [0.3, 0.4) is 0 Å². The Morgan fingerprint density at radius 1 is 1.03 bits per heavy atom. The number of aromatic nitrogens is 1. The minimum atomic E-state index is -0.662. The number of rotatable bonds is 6. The Balaban J connectivity index is 1.75. The second-order valence-corrected chi connectivity index (χ2v) is 7.26. The van der Waals surface area contributed by atoms with Crippen molar-refractivity contribution in [3.8, 4) is 22.6 Å². The molecule has 0 aliphatic carbocycles. The van der Waals surface area contributed by atoms with Crippen LogP contribution in [-0.2, 0) is 6.54 Å². The van der Waals surface area contributed by atoms with E-state index in [1.54, 1.807) is 44.6 Å². The molecule has 0 spiro atoms. The van der Waals surface area contributed by atoms with E-state index >= 15 is 0 Å². The Labute approximate surface area is 184 Å². The minimum absolute atomic E-state index is 0.0609. The summed E-state index contributed by atoms with van der Waals surface area (Å²) in [5.74, 6) is 0.647. The van der Waals surface area contributed by atoms with Crippen molar-refractivity contribution in [2.24, 2.45) is 0 Å². The highest BCUT2D eigenvalue weighted by Crippen LogP contribution is 2.30. The quantitative estimate of drug-likeness (QED) is 0.495. The van der Waals surface area contributed by atoms with Gasteiger partial charge in [-0.05, 0) is 36.2 Å². The summed E-state index contributed by atoms with van der Waals surface area (Å²) in [7, 11) is 3.12. The number of nitrogens with one attached hydrogen (secondary N) is 1. The highest BCUT2D eigenvalue weighted by molar-refractivity contribution is 6.06. The topological polar surface area (TPSA) is 90.7 Å². The van der Waals surface area contributed by atoms with Gasteiger partial charge in [-0.3, -0.25) is 4.79 Å². The summed E-state index contributed by atoms with van der Waals surface area (Å²) in [6.07, 6.45) is 1.52. The van der Waals surface area contributed by atoms with Crippen LogP contribution in [-0.4, -0.2) is 25.1 Å². The van der Waals surface area contributed by atoms with Crippen molar-refractivity contribution >= 4 is 16.8 Å². The van der Waals surface area contributed by atoms with Gasteiger partial charge in [0.2, 0.25) is 5.76 Å². The Morgan fingerprint density at radius 3 is 2.38 bits per heavy atom. The third kappa shape index (κ3) is 4.18. The summed E-state index contributed by atoms with van der Waals surface area (Å²) >= 11 is 0. The SMILES string of the molecule is COc1cc(CNC(=O)c2oc(=O)c3ncccc3c2-c2ccc(C)cc2)cc(OC)c1. The molecule has 0 saturated carbocycles. The largest absolute Gasteiger partial charge is 0.497 e. The maximum Gasteiger partial charge on any atom is 0.363 e. The summed E-state index contributed by atoms with van der Waals surface area (Å²) in [4.78, 5) is 29.8. The van der Waals surface area contributed by atoms with Crippen molar-refractivity contribution in [2.75, 3.05) is 14.2 Å². The minimum Gasteiger partial charge on any atom is -0.497 e. The molecule has 4 rings (SSSR count). The monoisotopic (exact) mass is 430 g/mol. The summed E-state index contributed by atoms with van der Waals surface area (Å²) in [6.45, 7) is 2.17. The van der Waals surface area contributed by atoms with Gasteiger partial charge in [-0.2, -0.15) is 0 Å². The first-order valence-corrected chi connectivity index (χ1v) is 9.99. The molecule has 2 aromatic heterocycles. The number of carbonyl (C=O) groups is 1. The lowest BCUT2D eigenvalue weighted by atomic mass is 9.99. The molecule has 0 saturated heterocycles. The van der Waals surface area contributed by atoms with Crippen molar-refractivity contribution in [1.82, 2.24) is 10.3 Å². The molecule has 0 aliphatic heterocycles. The van der Waals surface area contributed by atoms with E-state index in [1.807, 2.05) is 31.2 Å². The van der Waals surface area contributed by atoms with Crippen LogP contribution in [0.15, 0.2) is 70.0 Å². The smallest absolute Gasteiger partial charge is 0.363 e. The predicted molar refractivity (Wildman–Crippen MR) is 121 cm³/mol. The molecule has 0 fully saturated rings. The van der Waals surface area contributed by atoms with Gasteiger partial charge in [0, 0.05) is 29.8 Å². The molecule has 1 amide bonds. The second-order valence-electron chi connectivity index (χ2n) is 7.26. The lowest BCUT2D eigenvalue weighted by Crippen LogP contribution is -2.25. The van der Waals surface area contributed by atoms with Crippen LogP contribution in [0.2, 0.25) is 0 Å². The van der Waals surface area contributed by atoms with Gasteiger partial charge in [0.15, 0.2) is 5.52 Å². The van der Waals surface area contributed by atoms with Gasteiger partial charge in [-0.15, -0.1) is 0 Å². The van der Waals surface area contributed by atoms with Crippen LogP contribution in [0.4, 0.5) is 0 Å². The number of aryl methyl sites for hydroxylation is 1. The standard InChI is InChI=1S/C25H22N2O5/c1-15-6-8-17(9-7-15)21-20-5-4-10-26-22(20)25(29)32-23(21)24(28)27-14-16-11-18(30-2)13-19(12-16)31-3/h4-13H,14H2,1-3H3,(H,27,28). The highest BCUT2D eigenvalue weighted by Gasteiger charge is 2.22. The number of amides is 1. The van der Waals surface area contributed by atoms with Crippen molar-refractivity contribution in [3.05, 3.63) is 88.1 Å². The molecule has 7 nitrogen and oxygen atoms in total. The molecule has 0 atom stereocenters. The summed E-state index contributed by atoms with van der Waals surface area (Å²) in [6, 6.07) is 16.5. The molecular formula is C25H22N2O5. The van der Waals surface area contributed by atoms with Gasteiger partial charge in [-0.1, -0.05) is 35.9 Å². The number of hydrogen-bond acceptors (Lipinski definition) is 6. The number of fused-ring (bicyclic) bond motifs is 1. The zero-order valence-electron chi connectivity index (χ0n) is 18.0. The number of pyridine rings is 1.